The maximum Gasteiger partial charge on any atom is 0.326 e. The van der Waals surface area contributed by atoms with Crippen molar-refractivity contribution < 1.29 is 19.1 Å². The fourth-order valence-electron chi connectivity index (χ4n) is 3.97. The number of amides is 2. The van der Waals surface area contributed by atoms with Gasteiger partial charge in [-0.25, -0.2) is 0 Å². The standard InChI is InChI=1S/C20H25NO4/c1-12(2)14-9-8-13(3)10-17(14)25-18(22)11-21-19(23)15-6-4-5-7-16(15)20(21)24/h4-7,12-14,17H,8-11H2,1-3H3/t13-,14+,17+/m1/s1. The predicted octanol–water partition coefficient (Wildman–Crippen LogP) is 3.29. The summed E-state index contributed by atoms with van der Waals surface area (Å²) >= 11 is 0. The molecule has 0 aromatic heterocycles. The minimum atomic E-state index is -0.501. The highest BCUT2D eigenvalue weighted by Crippen LogP contribution is 2.35. The number of nitrogens with zero attached hydrogens (tertiary/aromatic N) is 1. The van der Waals surface area contributed by atoms with Gasteiger partial charge in [-0.15, -0.1) is 0 Å². The fraction of sp³-hybridized carbons (Fsp3) is 0.550. The molecule has 3 rings (SSSR count). The Labute approximate surface area is 148 Å². The molecule has 2 aliphatic rings. The van der Waals surface area contributed by atoms with Crippen LogP contribution in [-0.4, -0.2) is 35.3 Å². The molecule has 1 saturated carbocycles. The largest absolute Gasteiger partial charge is 0.461 e. The number of esters is 1. The summed E-state index contributed by atoms with van der Waals surface area (Å²) in [5, 5.41) is 0. The van der Waals surface area contributed by atoms with Gasteiger partial charge >= 0.3 is 5.97 Å². The van der Waals surface area contributed by atoms with Crippen molar-refractivity contribution >= 4 is 17.8 Å². The second kappa shape index (κ2) is 6.98. The third-order valence-electron chi connectivity index (χ3n) is 5.41. The van der Waals surface area contributed by atoms with Crippen molar-refractivity contribution in [1.82, 2.24) is 4.90 Å². The third kappa shape index (κ3) is 3.46. The number of benzene rings is 1. The lowest BCUT2D eigenvalue weighted by Gasteiger charge is -2.36. The first-order valence-electron chi connectivity index (χ1n) is 9.03. The molecule has 5 heteroatoms. The summed E-state index contributed by atoms with van der Waals surface area (Å²) in [5.41, 5.74) is 0.707. The smallest absolute Gasteiger partial charge is 0.326 e. The average molecular weight is 343 g/mol. The van der Waals surface area contributed by atoms with E-state index in [0.29, 0.717) is 28.9 Å². The van der Waals surface area contributed by atoms with Crippen LogP contribution in [-0.2, 0) is 9.53 Å². The number of carbonyl (C=O) groups is 3. The Balaban J connectivity index is 1.67. The molecule has 5 nitrogen and oxygen atoms in total. The van der Waals surface area contributed by atoms with Crippen LogP contribution in [0, 0.1) is 17.8 Å². The van der Waals surface area contributed by atoms with E-state index in [2.05, 4.69) is 20.8 Å². The maximum absolute atomic E-state index is 12.4. The van der Waals surface area contributed by atoms with E-state index in [-0.39, 0.29) is 12.6 Å². The Morgan fingerprint density at radius 3 is 2.32 bits per heavy atom. The molecular weight excluding hydrogens is 318 g/mol. The van der Waals surface area contributed by atoms with Crippen molar-refractivity contribution in [2.75, 3.05) is 6.54 Å². The highest BCUT2D eigenvalue weighted by Gasteiger charge is 2.38. The van der Waals surface area contributed by atoms with Gasteiger partial charge < -0.3 is 4.74 Å². The normalized spacial score (nSPS) is 26.1. The summed E-state index contributed by atoms with van der Waals surface area (Å²) in [7, 11) is 0. The first kappa shape index (κ1) is 17.6. The molecule has 0 saturated heterocycles. The molecular formula is C20H25NO4. The van der Waals surface area contributed by atoms with Gasteiger partial charge in [-0.3, -0.25) is 19.3 Å². The van der Waals surface area contributed by atoms with Crippen molar-refractivity contribution in [3.8, 4) is 0 Å². The number of hydrogen-bond acceptors (Lipinski definition) is 4. The summed E-state index contributed by atoms with van der Waals surface area (Å²) < 4.78 is 5.71. The summed E-state index contributed by atoms with van der Waals surface area (Å²) in [6, 6.07) is 6.64. The predicted molar refractivity (Wildman–Crippen MR) is 93.0 cm³/mol. The monoisotopic (exact) mass is 343 g/mol. The molecule has 1 fully saturated rings. The SMILES string of the molecule is CC(C)[C@@H]1CC[C@@H](C)C[C@@H]1OC(=O)CN1C(=O)c2ccccc2C1=O. The van der Waals surface area contributed by atoms with E-state index in [0.717, 1.165) is 24.2 Å². The van der Waals surface area contributed by atoms with Crippen LogP contribution in [0.15, 0.2) is 24.3 Å². The molecule has 25 heavy (non-hydrogen) atoms. The molecule has 1 aliphatic heterocycles. The summed E-state index contributed by atoms with van der Waals surface area (Å²) in [6.07, 6.45) is 2.90. The average Bonchev–Trinajstić information content (AvgIpc) is 2.80. The third-order valence-corrected chi connectivity index (χ3v) is 5.41. The van der Waals surface area contributed by atoms with Crippen LogP contribution in [0.4, 0.5) is 0 Å². The Morgan fingerprint density at radius 2 is 1.76 bits per heavy atom. The van der Waals surface area contributed by atoms with Gasteiger partial charge in [0, 0.05) is 0 Å². The number of imide groups is 1. The lowest BCUT2D eigenvalue weighted by molar-refractivity contribution is -0.156. The van der Waals surface area contributed by atoms with Gasteiger partial charge in [0.2, 0.25) is 0 Å². The van der Waals surface area contributed by atoms with Gasteiger partial charge in [-0.2, -0.15) is 0 Å². The van der Waals surface area contributed by atoms with E-state index in [1.807, 2.05) is 0 Å². The lowest BCUT2D eigenvalue weighted by Crippen LogP contribution is -2.40. The van der Waals surface area contributed by atoms with Crippen LogP contribution in [0.1, 0.15) is 60.7 Å². The molecule has 1 heterocycles. The molecule has 2 amide bonds. The number of hydrogen-bond donors (Lipinski definition) is 0. The Hall–Kier alpha value is -2.17. The van der Waals surface area contributed by atoms with Crippen LogP contribution < -0.4 is 0 Å². The second-order valence-corrected chi connectivity index (χ2v) is 7.60. The Morgan fingerprint density at radius 1 is 1.16 bits per heavy atom. The lowest BCUT2D eigenvalue weighted by atomic mass is 9.75. The van der Waals surface area contributed by atoms with Crippen LogP contribution in [0.3, 0.4) is 0 Å². The van der Waals surface area contributed by atoms with Gasteiger partial charge in [0.1, 0.15) is 12.6 Å². The zero-order chi connectivity index (χ0) is 18.1. The molecule has 0 unspecified atom stereocenters. The van der Waals surface area contributed by atoms with Gasteiger partial charge in [0.25, 0.3) is 11.8 Å². The zero-order valence-electron chi connectivity index (χ0n) is 15.0. The van der Waals surface area contributed by atoms with Gasteiger partial charge in [-0.05, 0) is 42.7 Å². The molecule has 1 aromatic carbocycles. The second-order valence-electron chi connectivity index (χ2n) is 7.60. The van der Waals surface area contributed by atoms with Gasteiger partial charge in [0.15, 0.2) is 0 Å². The van der Waals surface area contributed by atoms with E-state index in [1.54, 1.807) is 24.3 Å². The van der Waals surface area contributed by atoms with E-state index in [1.165, 1.54) is 0 Å². The van der Waals surface area contributed by atoms with Crippen molar-refractivity contribution in [2.45, 2.75) is 46.1 Å². The van der Waals surface area contributed by atoms with Crippen molar-refractivity contribution in [3.63, 3.8) is 0 Å². The summed E-state index contributed by atoms with van der Waals surface area (Å²) in [5.74, 6) is -0.0526. The molecule has 134 valence electrons. The number of fused-ring (bicyclic) bond motifs is 1. The minimum Gasteiger partial charge on any atom is -0.461 e. The topological polar surface area (TPSA) is 63.7 Å². The van der Waals surface area contributed by atoms with Crippen LogP contribution >= 0.6 is 0 Å². The first-order chi connectivity index (χ1) is 11.9. The highest BCUT2D eigenvalue weighted by atomic mass is 16.5. The van der Waals surface area contributed by atoms with Gasteiger partial charge in [0.05, 0.1) is 11.1 Å². The van der Waals surface area contributed by atoms with E-state index >= 15 is 0 Å². The van der Waals surface area contributed by atoms with E-state index in [9.17, 15) is 14.4 Å². The minimum absolute atomic E-state index is 0.133. The molecule has 0 radical (unpaired) electrons. The summed E-state index contributed by atoms with van der Waals surface area (Å²) in [4.78, 5) is 38.1. The fourth-order valence-corrected chi connectivity index (χ4v) is 3.97. The van der Waals surface area contributed by atoms with Crippen molar-refractivity contribution in [3.05, 3.63) is 35.4 Å². The molecule has 0 spiro atoms. The van der Waals surface area contributed by atoms with Gasteiger partial charge in [-0.1, -0.05) is 39.3 Å². The molecule has 1 aromatic rings. The van der Waals surface area contributed by atoms with Crippen molar-refractivity contribution in [1.29, 1.82) is 0 Å². The highest BCUT2D eigenvalue weighted by molar-refractivity contribution is 6.22. The molecule has 3 atom stereocenters. The van der Waals surface area contributed by atoms with E-state index < -0.39 is 17.8 Å². The number of carbonyl (C=O) groups excluding carboxylic acids is 3. The Kier molecular flexibility index (Phi) is 4.93. The Bertz CT molecular complexity index is 662. The van der Waals surface area contributed by atoms with Crippen LogP contribution in [0.25, 0.3) is 0 Å². The number of ether oxygens (including phenoxy) is 1. The zero-order valence-corrected chi connectivity index (χ0v) is 15.0. The van der Waals surface area contributed by atoms with E-state index in [4.69, 9.17) is 4.74 Å². The molecule has 0 N–H and O–H groups in total. The van der Waals surface area contributed by atoms with Crippen LogP contribution in [0.2, 0.25) is 0 Å². The maximum atomic E-state index is 12.4. The molecule has 1 aliphatic carbocycles. The number of rotatable bonds is 4. The quantitative estimate of drug-likeness (QED) is 0.622. The van der Waals surface area contributed by atoms with Crippen LogP contribution in [0.5, 0.6) is 0 Å². The first-order valence-corrected chi connectivity index (χ1v) is 9.03. The molecule has 0 bridgehead atoms. The van der Waals surface area contributed by atoms with Crippen molar-refractivity contribution in [2.24, 2.45) is 17.8 Å². The summed E-state index contributed by atoms with van der Waals surface area (Å²) in [6.45, 7) is 6.14.